The van der Waals surface area contributed by atoms with Crippen molar-refractivity contribution < 1.29 is 4.42 Å². The molecule has 5 aromatic rings. The molecule has 0 aliphatic carbocycles. The van der Waals surface area contributed by atoms with Gasteiger partial charge in [-0.05, 0) is 42.8 Å². The highest BCUT2D eigenvalue weighted by atomic mass is 35.5. The van der Waals surface area contributed by atoms with Crippen LogP contribution in [0.25, 0.3) is 42.7 Å². The molecule has 0 spiro atoms. The predicted molar refractivity (Wildman–Crippen MR) is 108 cm³/mol. The highest BCUT2D eigenvalue weighted by molar-refractivity contribution is 7.21. The van der Waals surface area contributed by atoms with Crippen molar-refractivity contribution in [1.82, 2.24) is 4.98 Å². The van der Waals surface area contributed by atoms with Gasteiger partial charge in [-0.1, -0.05) is 29.8 Å². The zero-order valence-corrected chi connectivity index (χ0v) is 15.3. The third-order valence-corrected chi connectivity index (χ3v) is 5.71. The van der Waals surface area contributed by atoms with Crippen LogP contribution in [0.15, 0.2) is 63.8 Å². The molecule has 0 N–H and O–H groups in total. The van der Waals surface area contributed by atoms with Gasteiger partial charge in [0.15, 0.2) is 5.43 Å². The summed E-state index contributed by atoms with van der Waals surface area (Å²) in [6.07, 6.45) is 0. The molecule has 126 valence electrons. The molecule has 3 nitrogen and oxygen atoms in total. The average molecular weight is 378 g/mol. The van der Waals surface area contributed by atoms with Gasteiger partial charge in [0.05, 0.1) is 15.8 Å². The van der Waals surface area contributed by atoms with Gasteiger partial charge in [0.1, 0.15) is 16.2 Å². The van der Waals surface area contributed by atoms with E-state index < -0.39 is 0 Å². The first kappa shape index (κ1) is 15.6. The van der Waals surface area contributed by atoms with Crippen molar-refractivity contribution in [2.75, 3.05) is 0 Å². The Hall–Kier alpha value is -2.69. The lowest BCUT2D eigenvalue weighted by Gasteiger charge is -2.04. The standard InChI is InChI=1S/C21H12ClNO2S/c1-11-6-14(22)9-15-17(24)10-18(25-20(11)15)19-8-13-7-12-4-2-3-5-16(12)23-21(13)26-19/h2-10H,1H3. The van der Waals surface area contributed by atoms with Crippen molar-refractivity contribution in [3.05, 3.63) is 75.4 Å². The Labute approximate surface area is 157 Å². The summed E-state index contributed by atoms with van der Waals surface area (Å²) in [7, 11) is 0. The maximum Gasteiger partial charge on any atom is 0.193 e. The molecular formula is C21H12ClNO2S. The number of aryl methyl sites for hydroxylation is 1. The van der Waals surface area contributed by atoms with Gasteiger partial charge in [-0.3, -0.25) is 4.79 Å². The molecule has 3 aromatic heterocycles. The predicted octanol–water partition coefficient (Wildman–Crippen LogP) is 6.18. The van der Waals surface area contributed by atoms with E-state index in [0.717, 1.165) is 31.6 Å². The summed E-state index contributed by atoms with van der Waals surface area (Å²) in [5.41, 5.74) is 2.28. The number of hydrogen-bond acceptors (Lipinski definition) is 4. The largest absolute Gasteiger partial charge is 0.455 e. The second-order valence-electron chi connectivity index (χ2n) is 6.26. The number of thiophene rings is 1. The molecule has 5 heteroatoms. The van der Waals surface area contributed by atoms with Crippen LogP contribution in [0, 0.1) is 6.92 Å². The van der Waals surface area contributed by atoms with Crippen LogP contribution in [-0.2, 0) is 0 Å². The van der Waals surface area contributed by atoms with E-state index in [0.29, 0.717) is 21.8 Å². The molecule has 0 fully saturated rings. The van der Waals surface area contributed by atoms with Crippen molar-refractivity contribution >= 4 is 55.0 Å². The van der Waals surface area contributed by atoms with Gasteiger partial charge in [0.25, 0.3) is 0 Å². The van der Waals surface area contributed by atoms with Crippen LogP contribution >= 0.6 is 22.9 Å². The Morgan fingerprint density at radius 2 is 1.88 bits per heavy atom. The van der Waals surface area contributed by atoms with Crippen LogP contribution in [0.1, 0.15) is 5.56 Å². The lowest BCUT2D eigenvalue weighted by Crippen LogP contribution is -2.00. The van der Waals surface area contributed by atoms with E-state index in [2.05, 4.69) is 6.07 Å². The lowest BCUT2D eigenvalue weighted by atomic mass is 10.1. The van der Waals surface area contributed by atoms with Crippen LogP contribution in [0.3, 0.4) is 0 Å². The van der Waals surface area contributed by atoms with Gasteiger partial charge in [0.2, 0.25) is 0 Å². The van der Waals surface area contributed by atoms with E-state index in [9.17, 15) is 4.79 Å². The van der Waals surface area contributed by atoms with Crippen molar-refractivity contribution in [1.29, 1.82) is 0 Å². The fourth-order valence-electron chi connectivity index (χ4n) is 3.20. The smallest absolute Gasteiger partial charge is 0.193 e. The summed E-state index contributed by atoms with van der Waals surface area (Å²) in [6, 6.07) is 17.1. The topological polar surface area (TPSA) is 43.1 Å². The highest BCUT2D eigenvalue weighted by Crippen LogP contribution is 2.35. The molecular weight excluding hydrogens is 366 g/mol. The Morgan fingerprint density at radius 1 is 1.04 bits per heavy atom. The molecule has 0 saturated heterocycles. The van der Waals surface area contributed by atoms with Crippen LogP contribution < -0.4 is 5.43 Å². The van der Waals surface area contributed by atoms with Crippen molar-refractivity contribution in [3.63, 3.8) is 0 Å². The van der Waals surface area contributed by atoms with Gasteiger partial charge in [-0.25, -0.2) is 4.98 Å². The number of fused-ring (bicyclic) bond motifs is 3. The van der Waals surface area contributed by atoms with Crippen LogP contribution in [0.2, 0.25) is 5.02 Å². The summed E-state index contributed by atoms with van der Waals surface area (Å²) in [5, 5.41) is 3.17. The van der Waals surface area contributed by atoms with Gasteiger partial charge < -0.3 is 4.42 Å². The van der Waals surface area contributed by atoms with Crippen molar-refractivity contribution in [2.45, 2.75) is 6.92 Å². The Bertz CT molecular complexity index is 1330. The molecule has 0 bridgehead atoms. The summed E-state index contributed by atoms with van der Waals surface area (Å²) in [5.74, 6) is 0.556. The Balaban J connectivity index is 1.76. The van der Waals surface area contributed by atoms with E-state index in [1.807, 2.05) is 37.3 Å². The molecule has 0 atom stereocenters. The first-order chi connectivity index (χ1) is 12.6. The van der Waals surface area contributed by atoms with Crippen LogP contribution in [-0.4, -0.2) is 4.98 Å². The number of pyridine rings is 1. The summed E-state index contributed by atoms with van der Waals surface area (Å²) < 4.78 is 6.07. The van der Waals surface area contributed by atoms with E-state index in [1.54, 1.807) is 12.1 Å². The zero-order valence-electron chi connectivity index (χ0n) is 13.7. The molecule has 0 saturated carbocycles. The number of para-hydroxylation sites is 1. The normalized spacial score (nSPS) is 11.6. The second kappa shape index (κ2) is 5.66. The van der Waals surface area contributed by atoms with Crippen molar-refractivity contribution in [2.24, 2.45) is 0 Å². The number of hydrogen-bond donors (Lipinski definition) is 0. The number of rotatable bonds is 1. The zero-order chi connectivity index (χ0) is 17.8. The highest BCUT2D eigenvalue weighted by Gasteiger charge is 2.13. The maximum absolute atomic E-state index is 12.6. The maximum atomic E-state index is 12.6. The molecule has 0 aliphatic heterocycles. The fourth-order valence-corrected chi connectivity index (χ4v) is 4.45. The van der Waals surface area contributed by atoms with E-state index >= 15 is 0 Å². The molecule has 0 unspecified atom stereocenters. The number of benzene rings is 2. The van der Waals surface area contributed by atoms with Gasteiger partial charge in [-0.2, -0.15) is 0 Å². The Morgan fingerprint density at radius 3 is 2.77 bits per heavy atom. The first-order valence-electron chi connectivity index (χ1n) is 8.12. The second-order valence-corrected chi connectivity index (χ2v) is 7.73. The quantitative estimate of drug-likeness (QED) is 0.350. The molecule has 0 radical (unpaired) electrons. The fraction of sp³-hybridized carbons (Fsp3) is 0.0476. The van der Waals surface area contributed by atoms with Gasteiger partial charge in [0, 0.05) is 21.9 Å². The minimum Gasteiger partial charge on any atom is -0.455 e. The summed E-state index contributed by atoms with van der Waals surface area (Å²) in [6.45, 7) is 1.89. The molecule has 5 rings (SSSR count). The first-order valence-corrected chi connectivity index (χ1v) is 9.32. The minimum atomic E-state index is -0.0950. The third-order valence-electron chi connectivity index (χ3n) is 4.43. The van der Waals surface area contributed by atoms with Gasteiger partial charge >= 0.3 is 0 Å². The number of aromatic nitrogens is 1. The molecule has 0 aliphatic rings. The van der Waals surface area contributed by atoms with E-state index in [4.69, 9.17) is 21.0 Å². The molecule has 2 aromatic carbocycles. The van der Waals surface area contributed by atoms with Crippen molar-refractivity contribution in [3.8, 4) is 10.6 Å². The van der Waals surface area contributed by atoms with Crippen LogP contribution in [0.5, 0.6) is 0 Å². The molecule has 3 heterocycles. The van der Waals surface area contributed by atoms with E-state index in [1.165, 1.54) is 17.4 Å². The molecule has 0 amide bonds. The Kier molecular flexibility index (Phi) is 3.39. The summed E-state index contributed by atoms with van der Waals surface area (Å²) in [4.78, 5) is 19.1. The van der Waals surface area contributed by atoms with Gasteiger partial charge in [-0.15, -0.1) is 11.3 Å². The SMILES string of the molecule is Cc1cc(Cl)cc2c(=O)cc(-c3cc4cc5ccccc5nc4s3)oc12. The number of nitrogens with zero attached hydrogens (tertiary/aromatic N) is 1. The average Bonchev–Trinajstić information content (AvgIpc) is 3.03. The third kappa shape index (κ3) is 2.42. The lowest BCUT2D eigenvalue weighted by molar-refractivity contribution is 0.618. The number of halogens is 1. The molecule has 26 heavy (non-hydrogen) atoms. The van der Waals surface area contributed by atoms with Crippen LogP contribution in [0.4, 0.5) is 0 Å². The summed E-state index contributed by atoms with van der Waals surface area (Å²) >= 11 is 7.59. The van der Waals surface area contributed by atoms with E-state index in [-0.39, 0.29) is 5.43 Å². The minimum absolute atomic E-state index is 0.0950. The monoisotopic (exact) mass is 377 g/mol.